The molecule has 0 aromatic carbocycles. The van der Waals surface area contributed by atoms with Gasteiger partial charge >= 0.3 is 11.9 Å². The first-order valence-corrected chi connectivity index (χ1v) is 6.71. The lowest BCUT2D eigenvalue weighted by atomic mass is 10.0. The lowest BCUT2D eigenvalue weighted by molar-refractivity contribution is -0.150. The minimum Gasteiger partial charge on any atom is -0.469 e. The summed E-state index contributed by atoms with van der Waals surface area (Å²) in [7, 11) is 2.44. The van der Waals surface area contributed by atoms with Crippen LogP contribution >= 0.6 is 0 Å². The van der Waals surface area contributed by atoms with Crippen LogP contribution in [0, 0.1) is 5.92 Å². The molecule has 1 heterocycles. The SMILES string of the molecule is COC(=O)CC(NC(=O)CCC1CCNC1)C(=O)OC. The van der Waals surface area contributed by atoms with Gasteiger partial charge in [0.2, 0.25) is 5.91 Å². The highest BCUT2D eigenvalue weighted by Crippen LogP contribution is 2.14. The summed E-state index contributed by atoms with van der Waals surface area (Å²) in [6.45, 7) is 1.91. The van der Waals surface area contributed by atoms with Gasteiger partial charge in [-0.1, -0.05) is 0 Å². The van der Waals surface area contributed by atoms with E-state index in [1.54, 1.807) is 0 Å². The monoisotopic (exact) mass is 286 g/mol. The number of esters is 2. The van der Waals surface area contributed by atoms with Gasteiger partial charge in [0.15, 0.2) is 0 Å². The molecule has 0 aliphatic carbocycles. The second kappa shape index (κ2) is 8.52. The van der Waals surface area contributed by atoms with Crippen LogP contribution in [-0.2, 0) is 23.9 Å². The van der Waals surface area contributed by atoms with E-state index < -0.39 is 18.0 Å². The molecule has 114 valence electrons. The van der Waals surface area contributed by atoms with Crippen molar-refractivity contribution in [1.29, 1.82) is 0 Å². The van der Waals surface area contributed by atoms with E-state index in [-0.39, 0.29) is 12.3 Å². The molecule has 0 radical (unpaired) electrons. The molecule has 2 atom stereocenters. The molecular weight excluding hydrogens is 264 g/mol. The number of carbonyl (C=O) groups excluding carboxylic acids is 3. The molecule has 1 amide bonds. The Morgan fingerprint density at radius 3 is 2.60 bits per heavy atom. The maximum absolute atomic E-state index is 11.8. The highest BCUT2D eigenvalue weighted by Gasteiger charge is 2.25. The van der Waals surface area contributed by atoms with Crippen molar-refractivity contribution in [2.24, 2.45) is 5.92 Å². The highest BCUT2D eigenvalue weighted by atomic mass is 16.5. The Balaban J connectivity index is 2.39. The second-order valence-corrected chi connectivity index (χ2v) is 4.82. The number of methoxy groups -OCH3 is 2. The topological polar surface area (TPSA) is 93.7 Å². The summed E-state index contributed by atoms with van der Waals surface area (Å²) in [5, 5.41) is 5.75. The highest BCUT2D eigenvalue weighted by molar-refractivity contribution is 5.87. The van der Waals surface area contributed by atoms with Gasteiger partial charge < -0.3 is 20.1 Å². The van der Waals surface area contributed by atoms with Crippen LogP contribution in [-0.4, -0.2) is 51.2 Å². The van der Waals surface area contributed by atoms with E-state index >= 15 is 0 Å². The average Bonchev–Trinajstić information content (AvgIpc) is 2.96. The summed E-state index contributed by atoms with van der Waals surface area (Å²) in [5.41, 5.74) is 0. The molecule has 1 aliphatic heterocycles. The normalized spacial score (nSPS) is 19.2. The molecule has 1 saturated heterocycles. The molecule has 0 aromatic heterocycles. The summed E-state index contributed by atoms with van der Waals surface area (Å²) in [5.74, 6) is -0.971. The quantitative estimate of drug-likeness (QED) is 0.618. The maximum Gasteiger partial charge on any atom is 0.328 e. The Labute approximate surface area is 118 Å². The van der Waals surface area contributed by atoms with E-state index in [1.807, 2.05) is 0 Å². The fourth-order valence-corrected chi connectivity index (χ4v) is 2.15. The van der Waals surface area contributed by atoms with Gasteiger partial charge in [0.25, 0.3) is 0 Å². The predicted molar refractivity (Wildman–Crippen MR) is 70.8 cm³/mol. The third-order valence-corrected chi connectivity index (χ3v) is 3.36. The Kier molecular flexibility index (Phi) is 7.00. The summed E-state index contributed by atoms with van der Waals surface area (Å²) in [6.07, 6.45) is 1.95. The zero-order chi connectivity index (χ0) is 15.0. The molecule has 2 N–H and O–H groups in total. The van der Waals surface area contributed by atoms with Gasteiger partial charge in [-0.05, 0) is 31.8 Å². The minimum atomic E-state index is -0.985. The van der Waals surface area contributed by atoms with Crippen LogP contribution in [0.3, 0.4) is 0 Å². The van der Waals surface area contributed by atoms with Crippen LogP contribution in [0.2, 0.25) is 0 Å². The number of ether oxygens (including phenoxy) is 2. The molecule has 2 unspecified atom stereocenters. The fourth-order valence-electron chi connectivity index (χ4n) is 2.15. The van der Waals surface area contributed by atoms with Gasteiger partial charge in [0, 0.05) is 6.42 Å². The lowest BCUT2D eigenvalue weighted by Crippen LogP contribution is -2.43. The van der Waals surface area contributed by atoms with Crippen LogP contribution in [0.15, 0.2) is 0 Å². The van der Waals surface area contributed by atoms with E-state index in [4.69, 9.17) is 0 Å². The Morgan fingerprint density at radius 2 is 2.05 bits per heavy atom. The van der Waals surface area contributed by atoms with Gasteiger partial charge in [-0.3, -0.25) is 9.59 Å². The van der Waals surface area contributed by atoms with E-state index in [2.05, 4.69) is 20.1 Å². The second-order valence-electron chi connectivity index (χ2n) is 4.82. The number of rotatable bonds is 7. The van der Waals surface area contributed by atoms with E-state index in [0.29, 0.717) is 12.3 Å². The van der Waals surface area contributed by atoms with Crippen LogP contribution in [0.1, 0.15) is 25.7 Å². The van der Waals surface area contributed by atoms with Crippen molar-refractivity contribution in [2.45, 2.75) is 31.7 Å². The van der Waals surface area contributed by atoms with Crippen molar-refractivity contribution < 1.29 is 23.9 Å². The zero-order valence-electron chi connectivity index (χ0n) is 11.9. The van der Waals surface area contributed by atoms with Crippen molar-refractivity contribution in [2.75, 3.05) is 27.3 Å². The first kappa shape index (κ1) is 16.4. The number of hydrogen-bond acceptors (Lipinski definition) is 6. The molecule has 0 spiro atoms. The predicted octanol–water partition coefficient (Wildman–Crippen LogP) is -0.403. The van der Waals surface area contributed by atoms with Crippen LogP contribution in [0.4, 0.5) is 0 Å². The Hall–Kier alpha value is -1.63. The molecule has 1 fully saturated rings. The molecule has 1 rings (SSSR count). The number of amides is 1. The Bertz CT molecular complexity index is 353. The summed E-state index contributed by atoms with van der Waals surface area (Å²) < 4.78 is 9.06. The van der Waals surface area contributed by atoms with E-state index in [9.17, 15) is 14.4 Å². The molecule has 0 saturated carbocycles. The van der Waals surface area contributed by atoms with Crippen molar-refractivity contribution in [3.05, 3.63) is 0 Å². The minimum absolute atomic E-state index is 0.222. The molecule has 7 nitrogen and oxygen atoms in total. The largest absolute Gasteiger partial charge is 0.469 e. The van der Waals surface area contributed by atoms with Crippen molar-refractivity contribution in [3.8, 4) is 0 Å². The molecule has 1 aliphatic rings. The van der Waals surface area contributed by atoms with Gasteiger partial charge in [-0.2, -0.15) is 0 Å². The number of hydrogen-bond donors (Lipinski definition) is 2. The zero-order valence-corrected chi connectivity index (χ0v) is 11.9. The smallest absolute Gasteiger partial charge is 0.328 e. The van der Waals surface area contributed by atoms with E-state index in [1.165, 1.54) is 14.2 Å². The van der Waals surface area contributed by atoms with Crippen molar-refractivity contribution in [3.63, 3.8) is 0 Å². The van der Waals surface area contributed by atoms with Crippen molar-refractivity contribution in [1.82, 2.24) is 10.6 Å². The number of carbonyl (C=O) groups is 3. The Morgan fingerprint density at radius 1 is 1.30 bits per heavy atom. The van der Waals surface area contributed by atoms with Crippen LogP contribution in [0.5, 0.6) is 0 Å². The summed E-state index contributed by atoms with van der Waals surface area (Å²) >= 11 is 0. The van der Waals surface area contributed by atoms with Gasteiger partial charge in [-0.25, -0.2) is 4.79 Å². The summed E-state index contributed by atoms with van der Waals surface area (Å²) in [4.78, 5) is 34.5. The maximum atomic E-state index is 11.8. The van der Waals surface area contributed by atoms with Crippen molar-refractivity contribution >= 4 is 17.8 Å². The third-order valence-electron chi connectivity index (χ3n) is 3.36. The molecule has 0 aromatic rings. The van der Waals surface area contributed by atoms with Gasteiger partial charge in [0.05, 0.1) is 20.6 Å². The van der Waals surface area contributed by atoms with Gasteiger partial charge in [-0.15, -0.1) is 0 Å². The first-order chi connectivity index (χ1) is 9.56. The van der Waals surface area contributed by atoms with Gasteiger partial charge in [0.1, 0.15) is 6.04 Å². The van der Waals surface area contributed by atoms with E-state index in [0.717, 1.165) is 25.9 Å². The molecule has 7 heteroatoms. The molecule has 20 heavy (non-hydrogen) atoms. The lowest BCUT2D eigenvalue weighted by Gasteiger charge is -2.16. The first-order valence-electron chi connectivity index (χ1n) is 6.71. The molecular formula is C13H22N2O5. The van der Waals surface area contributed by atoms with Crippen LogP contribution < -0.4 is 10.6 Å². The average molecular weight is 286 g/mol. The molecule has 0 bridgehead atoms. The van der Waals surface area contributed by atoms with Crippen LogP contribution in [0.25, 0.3) is 0 Å². The third kappa shape index (κ3) is 5.56. The summed E-state index contributed by atoms with van der Waals surface area (Å²) in [6, 6.07) is -0.985. The standard InChI is InChI=1S/C13H22N2O5/c1-19-12(17)7-10(13(18)20-2)15-11(16)4-3-9-5-6-14-8-9/h9-10,14H,3-8H2,1-2H3,(H,15,16). The number of nitrogens with one attached hydrogen (secondary N) is 2. The fraction of sp³-hybridized carbons (Fsp3) is 0.769.